The largest absolute Gasteiger partial charge is 0.303 e. The summed E-state index contributed by atoms with van der Waals surface area (Å²) in [4.78, 5) is 2.22. The minimum atomic E-state index is 0.418. The van der Waals surface area contributed by atoms with E-state index in [0.29, 0.717) is 6.04 Å². The third-order valence-corrected chi connectivity index (χ3v) is 3.72. The van der Waals surface area contributed by atoms with E-state index in [1.54, 1.807) is 0 Å². The van der Waals surface area contributed by atoms with Gasteiger partial charge in [0.05, 0.1) is 5.69 Å². The van der Waals surface area contributed by atoms with E-state index in [4.69, 9.17) is 0 Å². The van der Waals surface area contributed by atoms with Gasteiger partial charge in [-0.15, -0.1) is 0 Å². The molecule has 1 aromatic heterocycles. The van der Waals surface area contributed by atoms with E-state index in [1.807, 2.05) is 4.68 Å². The smallest absolute Gasteiger partial charge is 0.0672 e. The van der Waals surface area contributed by atoms with Crippen molar-refractivity contribution in [3.63, 3.8) is 0 Å². The van der Waals surface area contributed by atoms with Crippen LogP contribution in [0.2, 0.25) is 0 Å². The second-order valence-electron chi connectivity index (χ2n) is 5.25. The number of aromatic nitrogens is 2. The van der Waals surface area contributed by atoms with Gasteiger partial charge in [-0.1, -0.05) is 18.2 Å². The van der Waals surface area contributed by atoms with Gasteiger partial charge in [-0.3, -0.25) is 4.68 Å². The van der Waals surface area contributed by atoms with Gasteiger partial charge in [0.25, 0.3) is 0 Å². The van der Waals surface area contributed by atoms with Gasteiger partial charge in [-0.2, -0.15) is 5.10 Å². The maximum absolute atomic E-state index is 4.52. The molecule has 3 heteroatoms. The molecule has 0 aliphatic heterocycles. The zero-order valence-corrected chi connectivity index (χ0v) is 12.5. The van der Waals surface area contributed by atoms with Gasteiger partial charge in [-0.05, 0) is 52.1 Å². The van der Waals surface area contributed by atoms with Crippen LogP contribution in [-0.2, 0) is 6.54 Å². The molecule has 0 spiro atoms. The average molecular weight is 257 g/mol. The van der Waals surface area contributed by atoms with Crippen LogP contribution in [0.4, 0.5) is 0 Å². The topological polar surface area (TPSA) is 21.1 Å². The third kappa shape index (κ3) is 2.87. The van der Waals surface area contributed by atoms with Crippen molar-refractivity contribution in [1.29, 1.82) is 0 Å². The lowest BCUT2D eigenvalue weighted by Gasteiger charge is -2.20. The Morgan fingerprint density at radius 2 is 2.05 bits per heavy atom. The fourth-order valence-electron chi connectivity index (χ4n) is 2.23. The molecule has 0 saturated carbocycles. The molecule has 0 aliphatic carbocycles. The fraction of sp³-hybridized carbons (Fsp3) is 0.438. The predicted molar refractivity (Wildman–Crippen MR) is 80.2 cm³/mol. The average Bonchev–Trinajstić information content (AvgIpc) is 2.79. The summed E-state index contributed by atoms with van der Waals surface area (Å²) in [5, 5.41) is 4.52. The van der Waals surface area contributed by atoms with Crippen molar-refractivity contribution < 1.29 is 0 Å². The highest BCUT2D eigenvalue weighted by Crippen LogP contribution is 2.26. The SMILES string of the molecule is CCn1cc(-c2cccc([C@H](C)N(C)C)c2)c(C)n1. The molecule has 0 N–H and O–H groups in total. The quantitative estimate of drug-likeness (QED) is 0.836. The molecule has 1 aromatic carbocycles. The standard InChI is InChI=1S/C16H23N3/c1-6-19-11-16(12(2)17-19)15-9-7-8-14(10-15)13(3)18(4)5/h7-11,13H,6H2,1-5H3/t13-/m0/s1. The van der Waals surface area contributed by atoms with Crippen LogP contribution in [0, 0.1) is 6.92 Å². The summed E-state index contributed by atoms with van der Waals surface area (Å²) in [7, 11) is 4.22. The summed E-state index contributed by atoms with van der Waals surface area (Å²) < 4.78 is 1.99. The highest BCUT2D eigenvalue weighted by Gasteiger charge is 2.11. The van der Waals surface area contributed by atoms with Crippen molar-refractivity contribution in [2.75, 3.05) is 14.1 Å². The number of hydrogen-bond acceptors (Lipinski definition) is 2. The molecule has 0 radical (unpaired) electrons. The number of benzene rings is 1. The van der Waals surface area contributed by atoms with Crippen LogP contribution in [0.1, 0.15) is 31.1 Å². The van der Waals surface area contributed by atoms with Crippen LogP contribution in [0.5, 0.6) is 0 Å². The Kier molecular flexibility index (Phi) is 4.05. The summed E-state index contributed by atoms with van der Waals surface area (Å²) in [6.45, 7) is 7.32. The number of hydrogen-bond donors (Lipinski definition) is 0. The van der Waals surface area contributed by atoms with E-state index in [1.165, 1.54) is 16.7 Å². The van der Waals surface area contributed by atoms with E-state index in [2.05, 4.69) is 75.3 Å². The van der Waals surface area contributed by atoms with E-state index in [9.17, 15) is 0 Å². The van der Waals surface area contributed by atoms with Gasteiger partial charge in [0.1, 0.15) is 0 Å². The third-order valence-electron chi connectivity index (χ3n) is 3.72. The van der Waals surface area contributed by atoms with Gasteiger partial charge >= 0.3 is 0 Å². The predicted octanol–water partition coefficient (Wildman–Crippen LogP) is 3.50. The van der Waals surface area contributed by atoms with Gasteiger partial charge in [0, 0.05) is 24.3 Å². The molecule has 3 nitrogen and oxygen atoms in total. The first-order chi connectivity index (χ1) is 9.02. The van der Waals surface area contributed by atoms with E-state index in [-0.39, 0.29) is 0 Å². The Balaban J connectivity index is 2.40. The Labute approximate surface area is 115 Å². The van der Waals surface area contributed by atoms with Crippen LogP contribution in [0.15, 0.2) is 30.5 Å². The summed E-state index contributed by atoms with van der Waals surface area (Å²) in [6.07, 6.45) is 2.13. The normalized spacial score (nSPS) is 12.9. The van der Waals surface area contributed by atoms with E-state index in [0.717, 1.165) is 12.2 Å². The van der Waals surface area contributed by atoms with Crippen molar-refractivity contribution in [1.82, 2.24) is 14.7 Å². The first kappa shape index (κ1) is 13.8. The summed E-state index contributed by atoms with van der Waals surface area (Å²) >= 11 is 0. The van der Waals surface area contributed by atoms with Crippen LogP contribution in [0.3, 0.4) is 0 Å². The molecule has 2 aromatic rings. The summed E-state index contributed by atoms with van der Waals surface area (Å²) in [5.74, 6) is 0. The molecular formula is C16H23N3. The maximum atomic E-state index is 4.52. The number of nitrogens with zero attached hydrogens (tertiary/aromatic N) is 3. The highest BCUT2D eigenvalue weighted by atomic mass is 15.3. The van der Waals surface area contributed by atoms with E-state index >= 15 is 0 Å². The molecular weight excluding hydrogens is 234 g/mol. The molecule has 1 atom stereocenters. The van der Waals surface area contributed by atoms with Gasteiger partial charge in [0.2, 0.25) is 0 Å². The van der Waals surface area contributed by atoms with Crippen LogP contribution in [0.25, 0.3) is 11.1 Å². The lowest BCUT2D eigenvalue weighted by atomic mass is 10.0. The van der Waals surface area contributed by atoms with Crippen molar-refractivity contribution in [3.05, 3.63) is 41.7 Å². The molecule has 0 bridgehead atoms. The van der Waals surface area contributed by atoms with Crippen molar-refractivity contribution in [2.24, 2.45) is 0 Å². The summed E-state index contributed by atoms with van der Waals surface area (Å²) in [5.41, 5.74) is 4.92. The molecule has 0 aliphatic rings. The molecule has 0 amide bonds. The monoisotopic (exact) mass is 257 g/mol. The fourth-order valence-corrected chi connectivity index (χ4v) is 2.23. The number of aryl methyl sites for hydroxylation is 2. The molecule has 102 valence electrons. The lowest BCUT2D eigenvalue weighted by molar-refractivity contribution is 0.321. The molecule has 19 heavy (non-hydrogen) atoms. The lowest BCUT2D eigenvalue weighted by Crippen LogP contribution is -2.16. The maximum Gasteiger partial charge on any atom is 0.0672 e. The Morgan fingerprint density at radius 3 is 2.63 bits per heavy atom. The molecule has 0 saturated heterocycles. The minimum absolute atomic E-state index is 0.418. The second-order valence-corrected chi connectivity index (χ2v) is 5.25. The van der Waals surface area contributed by atoms with Gasteiger partial charge in [0.15, 0.2) is 0 Å². The van der Waals surface area contributed by atoms with Crippen molar-refractivity contribution in [2.45, 2.75) is 33.4 Å². The molecule has 1 heterocycles. The minimum Gasteiger partial charge on any atom is -0.303 e. The zero-order chi connectivity index (χ0) is 14.0. The second kappa shape index (κ2) is 5.57. The van der Waals surface area contributed by atoms with E-state index < -0.39 is 0 Å². The number of rotatable bonds is 4. The van der Waals surface area contributed by atoms with Crippen LogP contribution >= 0.6 is 0 Å². The first-order valence-electron chi connectivity index (χ1n) is 6.83. The Morgan fingerprint density at radius 1 is 1.32 bits per heavy atom. The highest BCUT2D eigenvalue weighted by molar-refractivity contribution is 5.65. The van der Waals surface area contributed by atoms with Gasteiger partial charge < -0.3 is 4.90 Å². The Hall–Kier alpha value is -1.61. The van der Waals surface area contributed by atoms with Crippen molar-refractivity contribution in [3.8, 4) is 11.1 Å². The van der Waals surface area contributed by atoms with Crippen LogP contribution < -0.4 is 0 Å². The zero-order valence-electron chi connectivity index (χ0n) is 12.5. The molecule has 0 fully saturated rings. The van der Waals surface area contributed by atoms with Crippen molar-refractivity contribution >= 4 is 0 Å². The molecule has 0 unspecified atom stereocenters. The first-order valence-corrected chi connectivity index (χ1v) is 6.83. The summed E-state index contributed by atoms with van der Waals surface area (Å²) in [6, 6.07) is 9.17. The molecule has 2 rings (SSSR count). The van der Waals surface area contributed by atoms with Gasteiger partial charge in [-0.25, -0.2) is 0 Å². The van der Waals surface area contributed by atoms with Crippen LogP contribution in [-0.4, -0.2) is 28.8 Å². The Bertz CT molecular complexity index is 555.